The van der Waals surface area contributed by atoms with E-state index in [0.29, 0.717) is 6.04 Å². The van der Waals surface area contributed by atoms with Crippen LogP contribution >= 0.6 is 0 Å². The van der Waals surface area contributed by atoms with Crippen molar-refractivity contribution in [3.05, 3.63) is 0 Å². The molecule has 0 aliphatic carbocycles. The average Bonchev–Trinajstić information content (AvgIpc) is 2.52. The molecule has 0 amide bonds. The molecular formula is C8H18N2O. The highest BCUT2D eigenvalue weighted by atomic mass is 16.3. The summed E-state index contributed by atoms with van der Waals surface area (Å²) in [6, 6.07) is 0.862. The molecule has 1 saturated heterocycles. The Morgan fingerprint density at radius 2 is 2.55 bits per heavy atom. The first-order valence-electron chi connectivity index (χ1n) is 4.40. The number of rotatable bonds is 4. The van der Waals surface area contributed by atoms with E-state index in [2.05, 4.69) is 10.6 Å². The van der Waals surface area contributed by atoms with Crippen LogP contribution < -0.4 is 10.6 Å². The summed E-state index contributed by atoms with van der Waals surface area (Å²) in [5.41, 5.74) is 0. The summed E-state index contributed by atoms with van der Waals surface area (Å²) in [4.78, 5) is 0. The van der Waals surface area contributed by atoms with Gasteiger partial charge >= 0.3 is 0 Å². The highest BCUT2D eigenvalue weighted by Gasteiger charge is 2.13. The van der Waals surface area contributed by atoms with E-state index in [-0.39, 0.29) is 12.6 Å². The van der Waals surface area contributed by atoms with Gasteiger partial charge in [-0.1, -0.05) is 0 Å². The fraction of sp³-hybridized carbons (Fsp3) is 1.00. The molecule has 1 rings (SSSR count). The molecule has 3 heteroatoms. The molecule has 2 unspecified atom stereocenters. The maximum atomic E-state index is 8.73. The highest BCUT2D eigenvalue weighted by Crippen LogP contribution is 2.03. The van der Waals surface area contributed by atoms with Gasteiger partial charge in [-0.3, -0.25) is 0 Å². The second-order valence-electron chi connectivity index (χ2n) is 3.29. The SMILES string of the molecule is CC(CO)NCC1CCCN1. The summed E-state index contributed by atoms with van der Waals surface area (Å²) in [5.74, 6) is 0. The van der Waals surface area contributed by atoms with Crippen LogP contribution in [0.25, 0.3) is 0 Å². The van der Waals surface area contributed by atoms with Crippen molar-refractivity contribution in [2.45, 2.75) is 31.8 Å². The molecule has 0 radical (unpaired) electrons. The quantitative estimate of drug-likeness (QED) is 0.527. The molecule has 1 aliphatic heterocycles. The molecule has 0 aromatic carbocycles. The van der Waals surface area contributed by atoms with E-state index >= 15 is 0 Å². The van der Waals surface area contributed by atoms with Crippen LogP contribution in [-0.2, 0) is 0 Å². The Bertz CT molecular complexity index is 102. The average molecular weight is 158 g/mol. The van der Waals surface area contributed by atoms with Crippen LogP contribution in [0.5, 0.6) is 0 Å². The molecule has 0 aromatic rings. The molecule has 3 nitrogen and oxygen atoms in total. The Hall–Kier alpha value is -0.120. The van der Waals surface area contributed by atoms with Crippen molar-refractivity contribution in [1.29, 1.82) is 0 Å². The Morgan fingerprint density at radius 3 is 3.09 bits per heavy atom. The van der Waals surface area contributed by atoms with Crippen molar-refractivity contribution in [2.24, 2.45) is 0 Å². The first-order valence-corrected chi connectivity index (χ1v) is 4.40. The highest BCUT2D eigenvalue weighted by molar-refractivity contribution is 4.77. The second kappa shape index (κ2) is 4.70. The van der Waals surface area contributed by atoms with Crippen molar-refractivity contribution in [3.8, 4) is 0 Å². The molecule has 1 aliphatic rings. The lowest BCUT2D eigenvalue weighted by Crippen LogP contribution is -2.39. The van der Waals surface area contributed by atoms with Gasteiger partial charge in [-0.15, -0.1) is 0 Å². The molecule has 1 fully saturated rings. The lowest BCUT2D eigenvalue weighted by Gasteiger charge is -2.14. The van der Waals surface area contributed by atoms with Gasteiger partial charge in [0.2, 0.25) is 0 Å². The van der Waals surface area contributed by atoms with Gasteiger partial charge in [0.1, 0.15) is 0 Å². The molecule has 3 N–H and O–H groups in total. The third-order valence-corrected chi connectivity index (χ3v) is 2.15. The van der Waals surface area contributed by atoms with Crippen molar-refractivity contribution < 1.29 is 5.11 Å². The molecule has 2 atom stereocenters. The Balaban J connectivity index is 2.01. The zero-order chi connectivity index (χ0) is 8.10. The van der Waals surface area contributed by atoms with Crippen LogP contribution in [0.4, 0.5) is 0 Å². The molecule has 66 valence electrons. The maximum Gasteiger partial charge on any atom is 0.0581 e. The number of hydrogen-bond acceptors (Lipinski definition) is 3. The predicted octanol–water partition coefficient (Wildman–Crippen LogP) is -0.291. The summed E-state index contributed by atoms with van der Waals surface area (Å²) >= 11 is 0. The minimum atomic E-state index is 0.229. The summed E-state index contributed by atoms with van der Waals surface area (Å²) < 4.78 is 0. The van der Waals surface area contributed by atoms with Gasteiger partial charge in [-0.25, -0.2) is 0 Å². The molecule has 1 heterocycles. The fourth-order valence-electron chi connectivity index (χ4n) is 1.34. The maximum absolute atomic E-state index is 8.73. The minimum Gasteiger partial charge on any atom is -0.395 e. The minimum absolute atomic E-state index is 0.229. The third-order valence-electron chi connectivity index (χ3n) is 2.15. The van der Waals surface area contributed by atoms with Gasteiger partial charge < -0.3 is 15.7 Å². The van der Waals surface area contributed by atoms with Crippen LogP contribution in [0.15, 0.2) is 0 Å². The largest absolute Gasteiger partial charge is 0.395 e. The monoisotopic (exact) mass is 158 g/mol. The standard InChI is InChI=1S/C8H18N2O/c1-7(6-11)10-5-8-3-2-4-9-8/h7-11H,2-6H2,1H3. The van der Waals surface area contributed by atoms with Crippen LogP contribution in [0.3, 0.4) is 0 Å². The van der Waals surface area contributed by atoms with E-state index in [0.717, 1.165) is 13.1 Å². The molecule has 0 bridgehead atoms. The predicted molar refractivity (Wildman–Crippen MR) is 45.6 cm³/mol. The van der Waals surface area contributed by atoms with Crippen molar-refractivity contribution in [1.82, 2.24) is 10.6 Å². The van der Waals surface area contributed by atoms with E-state index in [1.807, 2.05) is 6.92 Å². The summed E-state index contributed by atoms with van der Waals surface area (Å²) in [6.45, 7) is 4.36. The second-order valence-corrected chi connectivity index (χ2v) is 3.29. The topological polar surface area (TPSA) is 44.3 Å². The lowest BCUT2D eigenvalue weighted by molar-refractivity contribution is 0.249. The van der Waals surface area contributed by atoms with Crippen LogP contribution in [0.2, 0.25) is 0 Å². The first kappa shape index (κ1) is 8.97. The van der Waals surface area contributed by atoms with Crippen molar-refractivity contribution in [2.75, 3.05) is 19.7 Å². The molecular weight excluding hydrogens is 140 g/mol. The Labute approximate surface area is 68.2 Å². The summed E-state index contributed by atoms with van der Waals surface area (Å²) in [6.07, 6.45) is 2.56. The molecule has 0 saturated carbocycles. The van der Waals surface area contributed by atoms with Gasteiger partial charge in [0.05, 0.1) is 6.61 Å². The fourth-order valence-corrected chi connectivity index (χ4v) is 1.34. The van der Waals surface area contributed by atoms with Gasteiger partial charge in [-0.05, 0) is 26.3 Å². The first-order chi connectivity index (χ1) is 5.33. The van der Waals surface area contributed by atoms with Crippen molar-refractivity contribution in [3.63, 3.8) is 0 Å². The zero-order valence-electron chi connectivity index (χ0n) is 7.14. The Morgan fingerprint density at radius 1 is 1.73 bits per heavy atom. The van der Waals surface area contributed by atoms with Gasteiger partial charge in [-0.2, -0.15) is 0 Å². The zero-order valence-corrected chi connectivity index (χ0v) is 7.14. The lowest BCUT2D eigenvalue weighted by atomic mass is 10.2. The van der Waals surface area contributed by atoms with E-state index in [4.69, 9.17) is 5.11 Å². The van der Waals surface area contributed by atoms with Crippen LogP contribution in [-0.4, -0.2) is 36.9 Å². The van der Waals surface area contributed by atoms with Gasteiger partial charge in [0.25, 0.3) is 0 Å². The summed E-state index contributed by atoms with van der Waals surface area (Å²) in [5, 5.41) is 15.4. The molecule has 0 spiro atoms. The Kier molecular flexibility index (Phi) is 3.83. The van der Waals surface area contributed by atoms with Crippen molar-refractivity contribution >= 4 is 0 Å². The van der Waals surface area contributed by atoms with E-state index in [1.165, 1.54) is 12.8 Å². The molecule has 0 aromatic heterocycles. The third kappa shape index (κ3) is 3.18. The van der Waals surface area contributed by atoms with E-state index in [1.54, 1.807) is 0 Å². The van der Waals surface area contributed by atoms with Crippen LogP contribution in [0, 0.1) is 0 Å². The number of hydrogen-bond donors (Lipinski definition) is 3. The summed E-state index contributed by atoms with van der Waals surface area (Å²) in [7, 11) is 0. The molecule has 11 heavy (non-hydrogen) atoms. The normalized spacial score (nSPS) is 27.3. The number of nitrogens with one attached hydrogen (secondary N) is 2. The van der Waals surface area contributed by atoms with E-state index < -0.39 is 0 Å². The smallest absolute Gasteiger partial charge is 0.0581 e. The van der Waals surface area contributed by atoms with Crippen LogP contribution in [0.1, 0.15) is 19.8 Å². The van der Waals surface area contributed by atoms with Gasteiger partial charge in [0.15, 0.2) is 0 Å². The van der Waals surface area contributed by atoms with Gasteiger partial charge in [0, 0.05) is 18.6 Å². The van der Waals surface area contributed by atoms with E-state index in [9.17, 15) is 0 Å². The number of aliphatic hydroxyl groups is 1. The number of aliphatic hydroxyl groups excluding tert-OH is 1.